The van der Waals surface area contributed by atoms with Gasteiger partial charge in [-0.3, -0.25) is 4.79 Å². The lowest BCUT2D eigenvalue weighted by molar-refractivity contribution is -0.115. The SMILES string of the molecule is O=C1NC(=Nc2cc3c4c(c2)[C@H](c2ccccc2)CCN4CC[C@H]3c2ccccc2)S/C1=C\c1cccc2ccccc12. The predicted molar refractivity (Wildman–Crippen MR) is 179 cm³/mol. The van der Waals surface area contributed by atoms with E-state index in [1.807, 2.05) is 24.3 Å². The van der Waals surface area contributed by atoms with Gasteiger partial charge >= 0.3 is 0 Å². The minimum atomic E-state index is -0.105. The maximum Gasteiger partial charge on any atom is 0.264 e. The smallest absolute Gasteiger partial charge is 0.264 e. The summed E-state index contributed by atoms with van der Waals surface area (Å²) in [5.41, 5.74) is 8.69. The van der Waals surface area contributed by atoms with Gasteiger partial charge in [0.25, 0.3) is 5.91 Å². The topological polar surface area (TPSA) is 44.7 Å². The van der Waals surface area contributed by atoms with Crippen molar-refractivity contribution in [1.82, 2.24) is 5.32 Å². The van der Waals surface area contributed by atoms with Crippen LogP contribution in [0.5, 0.6) is 0 Å². The number of amides is 1. The highest BCUT2D eigenvalue weighted by molar-refractivity contribution is 8.18. The molecule has 3 aliphatic rings. The van der Waals surface area contributed by atoms with E-state index in [1.54, 1.807) is 0 Å². The summed E-state index contributed by atoms with van der Waals surface area (Å²) >= 11 is 1.42. The molecule has 0 aromatic heterocycles. The molecule has 0 spiro atoms. The lowest BCUT2D eigenvalue weighted by Gasteiger charge is -2.43. The van der Waals surface area contributed by atoms with Crippen molar-refractivity contribution < 1.29 is 4.79 Å². The number of hydrogen-bond donors (Lipinski definition) is 1. The zero-order valence-electron chi connectivity index (χ0n) is 23.7. The second-order valence-corrected chi connectivity index (χ2v) is 12.5. The molecule has 43 heavy (non-hydrogen) atoms. The molecule has 0 saturated carbocycles. The molecule has 210 valence electrons. The lowest BCUT2D eigenvalue weighted by atomic mass is 9.76. The first-order valence-electron chi connectivity index (χ1n) is 15.0. The first-order chi connectivity index (χ1) is 21.2. The van der Waals surface area contributed by atoms with Crippen LogP contribution in [0, 0.1) is 0 Å². The molecule has 3 heterocycles. The van der Waals surface area contributed by atoms with Gasteiger partial charge in [0.2, 0.25) is 0 Å². The van der Waals surface area contributed by atoms with Gasteiger partial charge in [0.05, 0.1) is 10.6 Å². The number of rotatable bonds is 4. The quantitative estimate of drug-likeness (QED) is 0.218. The summed E-state index contributed by atoms with van der Waals surface area (Å²) in [6.45, 7) is 2.12. The summed E-state index contributed by atoms with van der Waals surface area (Å²) in [5.74, 6) is 0.522. The van der Waals surface area contributed by atoms with Crippen LogP contribution in [0.15, 0.2) is 125 Å². The fraction of sp³-hybridized carbons (Fsp3) is 0.158. The number of fused-ring (bicyclic) bond motifs is 1. The second-order valence-electron chi connectivity index (χ2n) is 11.5. The highest BCUT2D eigenvalue weighted by atomic mass is 32.2. The molecule has 5 heteroatoms. The van der Waals surface area contributed by atoms with E-state index in [9.17, 15) is 4.79 Å². The molecule has 0 aliphatic carbocycles. The fourth-order valence-electron chi connectivity index (χ4n) is 7.02. The Kier molecular flexibility index (Phi) is 6.60. The van der Waals surface area contributed by atoms with Crippen molar-refractivity contribution >= 4 is 51.1 Å². The monoisotopic (exact) mass is 577 g/mol. The first-order valence-corrected chi connectivity index (χ1v) is 15.8. The molecule has 5 aromatic carbocycles. The largest absolute Gasteiger partial charge is 0.371 e. The van der Waals surface area contributed by atoms with Crippen molar-refractivity contribution in [2.24, 2.45) is 4.99 Å². The third kappa shape index (κ3) is 4.84. The molecule has 1 N–H and O–H groups in total. The Morgan fingerprint density at radius 3 is 2.02 bits per heavy atom. The van der Waals surface area contributed by atoms with Crippen LogP contribution in [-0.2, 0) is 4.79 Å². The van der Waals surface area contributed by atoms with Crippen molar-refractivity contribution in [3.05, 3.63) is 148 Å². The highest BCUT2D eigenvalue weighted by Crippen LogP contribution is 2.50. The number of hydrogen-bond acceptors (Lipinski definition) is 4. The van der Waals surface area contributed by atoms with Gasteiger partial charge in [0, 0.05) is 30.6 Å². The van der Waals surface area contributed by atoms with Crippen LogP contribution in [0.3, 0.4) is 0 Å². The van der Waals surface area contributed by atoms with Crippen molar-refractivity contribution in [3.8, 4) is 0 Å². The molecule has 0 unspecified atom stereocenters. The van der Waals surface area contributed by atoms with Crippen molar-refractivity contribution in [2.75, 3.05) is 18.0 Å². The summed E-state index contributed by atoms with van der Waals surface area (Å²) in [7, 11) is 0. The Labute approximate surface area is 256 Å². The third-order valence-corrected chi connectivity index (χ3v) is 9.90. The minimum absolute atomic E-state index is 0.105. The van der Waals surface area contributed by atoms with Gasteiger partial charge in [-0.1, -0.05) is 103 Å². The third-order valence-electron chi connectivity index (χ3n) is 8.99. The summed E-state index contributed by atoms with van der Waals surface area (Å²) < 4.78 is 0. The number of nitrogens with one attached hydrogen (secondary N) is 1. The number of amidine groups is 1. The molecular weight excluding hydrogens is 547 g/mol. The molecule has 1 amide bonds. The van der Waals surface area contributed by atoms with Gasteiger partial charge in [0.1, 0.15) is 0 Å². The average Bonchev–Trinajstić information content (AvgIpc) is 3.40. The predicted octanol–water partition coefficient (Wildman–Crippen LogP) is 8.61. The van der Waals surface area contributed by atoms with Gasteiger partial charge in [-0.2, -0.15) is 0 Å². The molecule has 1 saturated heterocycles. The number of carbonyl (C=O) groups is 1. The zero-order valence-corrected chi connectivity index (χ0v) is 24.6. The number of benzene rings is 5. The van der Waals surface area contributed by atoms with E-state index in [1.165, 1.54) is 39.7 Å². The van der Waals surface area contributed by atoms with Gasteiger partial charge in [-0.05, 0) is 81.4 Å². The normalized spacial score (nSPS) is 21.3. The number of carbonyl (C=O) groups excluding carboxylic acids is 1. The van der Waals surface area contributed by atoms with Crippen LogP contribution in [0.2, 0.25) is 0 Å². The van der Waals surface area contributed by atoms with E-state index in [0.717, 1.165) is 48.0 Å². The van der Waals surface area contributed by atoms with Crippen molar-refractivity contribution in [2.45, 2.75) is 24.7 Å². The summed E-state index contributed by atoms with van der Waals surface area (Å²) in [6.07, 6.45) is 4.14. The van der Waals surface area contributed by atoms with E-state index < -0.39 is 0 Å². The van der Waals surface area contributed by atoms with E-state index >= 15 is 0 Å². The Morgan fingerprint density at radius 2 is 1.35 bits per heavy atom. The molecule has 2 atom stereocenters. The standard InChI is InChI=1S/C38H31N3OS/c42-37-35(22-28-16-9-15-25-14-7-8-17-30(25)28)43-38(40-37)39-29-23-33-31(26-10-3-1-4-11-26)18-20-41-21-19-32(34(24-29)36(33)41)27-12-5-2-6-13-27/h1-17,22-24,31-32H,18-21H2,(H,39,40,42)/b35-22-/t31-,32-/m0/s1. The summed E-state index contributed by atoms with van der Waals surface area (Å²) in [4.78, 5) is 21.4. The van der Waals surface area contributed by atoms with E-state index in [4.69, 9.17) is 4.99 Å². The summed E-state index contributed by atoms with van der Waals surface area (Å²) in [5, 5.41) is 5.96. The van der Waals surface area contributed by atoms with E-state index in [-0.39, 0.29) is 5.91 Å². The second kappa shape index (κ2) is 10.9. The Morgan fingerprint density at radius 1 is 0.744 bits per heavy atom. The Hall–Kier alpha value is -4.61. The number of thioether (sulfide) groups is 1. The van der Waals surface area contributed by atoms with Crippen LogP contribution in [0.1, 0.15) is 52.5 Å². The lowest BCUT2D eigenvalue weighted by Crippen LogP contribution is -2.37. The number of anilines is 1. The Bertz CT molecular complexity index is 1840. The Balaban J connectivity index is 1.21. The molecular formula is C38H31N3OS. The van der Waals surface area contributed by atoms with Gasteiger partial charge in [0.15, 0.2) is 5.17 Å². The van der Waals surface area contributed by atoms with E-state index in [0.29, 0.717) is 21.9 Å². The minimum Gasteiger partial charge on any atom is -0.371 e. The molecule has 0 bridgehead atoms. The molecule has 4 nitrogen and oxygen atoms in total. The van der Waals surface area contributed by atoms with Crippen molar-refractivity contribution in [1.29, 1.82) is 0 Å². The van der Waals surface area contributed by atoms with Gasteiger partial charge in [-0.15, -0.1) is 0 Å². The molecule has 3 aliphatic heterocycles. The summed E-state index contributed by atoms with van der Waals surface area (Å²) in [6, 6.07) is 40.7. The molecule has 5 aromatic rings. The van der Waals surface area contributed by atoms with Gasteiger partial charge < -0.3 is 10.2 Å². The van der Waals surface area contributed by atoms with Crippen LogP contribution in [0.25, 0.3) is 16.8 Å². The van der Waals surface area contributed by atoms with Crippen molar-refractivity contribution in [3.63, 3.8) is 0 Å². The highest BCUT2D eigenvalue weighted by Gasteiger charge is 2.35. The molecule has 1 fully saturated rings. The zero-order chi connectivity index (χ0) is 28.8. The van der Waals surface area contributed by atoms with E-state index in [2.05, 4.69) is 107 Å². The molecule has 0 radical (unpaired) electrons. The fourth-order valence-corrected chi connectivity index (χ4v) is 7.85. The van der Waals surface area contributed by atoms with Crippen LogP contribution < -0.4 is 10.2 Å². The van der Waals surface area contributed by atoms with Crippen LogP contribution >= 0.6 is 11.8 Å². The maximum absolute atomic E-state index is 13.1. The number of aliphatic imine (C=N–C) groups is 1. The van der Waals surface area contributed by atoms with Crippen LogP contribution in [0.4, 0.5) is 11.4 Å². The average molecular weight is 578 g/mol. The molecule has 8 rings (SSSR count). The number of nitrogens with zero attached hydrogens (tertiary/aromatic N) is 2. The maximum atomic E-state index is 13.1. The first kappa shape index (κ1) is 26.1. The van der Waals surface area contributed by atoms with Crippen LogP contribution in [-0.4, -0.2) is 24.2 Å². The van der Waals surface area contributed by atoms with Gasteiger partial charge in [-0.25, -0.2) is 4.99 Å².